The number of nitrogens with one attached hydrogen (secondary N) is 2. The number of methoxy groups -OCH3 is 3. The number of hydrogen-bond donors (Lipinski definition) is 2. The third kappa shape index (κ3) is 7.56. The van der Waals surface area contributed by atoms with Crippen LogP contribution in [0.1, 0.15) is 25.3 Å². The first-order valence-corrected chi connectivity index (χ1v) is 10.2. The highest BCUT2D eigenvalue weighted by atomic mass is 16.5. The highest BCUT2D eigenvalue weighted by molar-refractivity contribution is 5.79. The molecule has 0 saturated heterocycles. The third-order valence-corrected chi connectivity index (χ3v) is 4.80. The second kappa shape index (κ2) is 12.5. The lowest BCUT2D eigenvalue weighted by Gasteiger charge is -2.20. The second-order valence-corrected chi connectivity index (χ2v) is 6.89. The summed E-state index contributed by atoms with van der Waals surface area (Å²) in [5, 5.41) is 6.74. The van der Waals surface area contributed by atoms with Gasteiger partial charge in [0.05, 0.1) is 27.4 Å². The Labute approximate surface area is 169 Å². The summed E-state index contributed by atoms with van der Waals surface area (Å²) < 4.78 is 15.9. The molecule has 0 unspecified atom stereocenters. The van der Waals surface area contributed by atoms with Crippen molar-refractivity contribution in [1.82, 2.24) is 15.5 Å². The predicted molar refractivity (Wildman–Crippen MR) is 114 cm³/mol. The Bertz CT molecular complexity index is 605. The van der Waals surface area contributed by atoms with Crippen LogP contribution < -0.4 is 20.1 Å². The molecule has 1 aliphatic carbocycles. The minimum Gasteiger partial charge on any atom is -0.493 e. The molecule has 2 rings (SSSR count). The molecular weight excluding hydrogens is 356 g/mol. The van der Waals surface area contributed by atoms with E-state index in [1.54, 1.807) is 21.3 Å². The molecular formula is C21H36N4O3. The molecule has 0 spiro atoms. The lowest BCUT2D eigenvalue weighted by atomic mass is 10.1. The molecule has 1 fully saturated rings. The number of benzene rings is 1. The Hall–Kier alpha value is -1.99. The Kier molecular flexibility index (Phi) is 9.93. The molecule has 0 amide bonds. The number of nitrogens with zero attached hydrogens (tertiary/aromatic N) is 2. The van der Waals surface area contributed by atoms with Crippen LogP contribution in [0.2, 0.25) is 0 Å². The van der Waals surface area contributed by atoms with Gasteiger partial charge in [0.1, 0.15) is 0 Å². The minimum atomic E-state index is 0.728. The van der Waals surface area contributed by atoms with Crippen LogP contribution in [0.5, 0.6) is 11.5 Å². The summed E-state index contributed by atoms with van der Waals surface area (Å²) in [7, 11) is 5.07. The van der Waals surface area contributed by atoms with Crippen molar-refractivity contribution in [1.29, 1.82) is 0 Å². The molecule has 7 heteroatoms. The topological polar surface area (TPSA) is 67.4 Å². The SMILES string of the molecule is CCNC(=NCCN(CCOC)C1CC1)NCCc1ccc(OC)c(OC)c1. The normalized spacial score (nSPS) is 14.2. The van der Waals surface area contributed by atoms with Crippen molar-refractivity contribution in [3.05, 3.63) is 23.8 Å². The second-order valence-electron chi connectivity index (χ2n) is 6.89. The van der Waals surface area contributed by atoms with Gasteiger partial charge < -0.3 is 24.8 Å². The van der Waals surface area contributed by atoms with E-state index in [0.29, 0.717) is 0 Å². The van der Waals surface area contributed by atoms with E-state index in [0.717, 1.165) is 69.3 Å². The third-order valence-electron chi connectivity index (χ3n) is 4.80. The highest BCUT2D eigenvalue weighted by Gasteiger charge is 2.28. The molecule has 2 N–H and O–H groups in total. The predicted octanol–water partition coefficient (Wildman–Crippen LogP) is 1.91. The van der Waals surface area contributed by atoms with Gasteiger partial charge in [-0.25, -0.2) is 0 Å². The smallest absolute Gasteiger partial charge is 0.191 e. The zero-order valence-corrected chi connectivity index (χ0v) is 17.8. The van der Waals surface area contributed by atoms with E-state index in [1.807, 2.05) is 12.1 Å². The summed E-state index contributed by atoms with van der Waals surface area (Å²) in [5.74, 6) is 2.38. The van der Waals surface area contributed by atoms with E-state index in [1.165, 1.54) is 18.4 Å². The summed E-state index contributed by atoms with van der Waals surface area (Å²) in [5.41, 5.74) is 1.19. The van der Waals surface area contributed by atoms with E-state index >= 15 is 0 Å². The van der Waals surface area contributed by atoms with Gasteiger partial charge in [-0.2, -0.15) is 0 Å². The monoisotopic (exact) mass is 392 g/mol. The first kappa shape index (κ1) is 22.3. The fraction of sp³-hybridized carbons (Fsp3) is 0.667. The van der Waals surface area contributed by atoms with Crippen molar-refractivity contribution in [2.45, 2.75) is 32.2 Å². The average molecular weight is 393 g/mol. The molecule has 1 aromatic carbocycles. The van der Waals surface area contributed by atoms with Crippen LogP contribution in [0.25, 0.3) is 0 Å². The fourth-order valence-electron chi connectivity index (χ4n) is 3.12. The highest BCUT2D eigenvalue weighted by Crippen LogP contribution is 2.27. The molecule has 1 aromatic rings. The molecule has 0 atom stereocenters. The summed E-state index contributed by atoms with van der Waals surface area (Å²) >= 11 is 0. The van der Waals surface area contributed by atoms with Gasteiger partial charge in [0.25, 0.3) is 0 Å². The van der Waals surface area contributed by atoms with E-state index in [4.69, 9.17) is 19.2 Å². The summed E-state index contributed by atoms with van der Waals surface area (Å²) in [6.07, 6.45) is 3.49. The van der Waals surface area contributed by atoms with Gasteiger partial charge in [0.2, 0.25) is 0 Å². The van der Waals surface area contributed by atoms with Crippen LogP contribution in [-0.4, -0.2) is 77.6 Å². The van der Waals surface area contributed by atoms with Crippen LogP contribution in [0, 0.1) is 0 Å². The minimum absolute atomic E-state index is 0.728. The Morgan fingerprint density at radius 3 is 2.54 bits per heavy atom. The van der Waals surface area contributed by atoms with Crippen molar-refractivity contribution < 1.29 is 14.2 Å². The lowest BCUT2D eigenvalue weighted by Crippen LogP contribution is -2.39. The van der Waals surface area contributed by atoms with E-state index in [-0.39, 0.29) is 0 Å². The van der Waals surface area contributed by atoms with Gasteiger partial charge in [-0.05, 0) is 43.9 Å². The van der Waals surface area contributed by atoms with Crippen molar-refractivity contribution in [2.75, 3.05) is 60.7 Å². The number of aliphatic imine (C=N–C) groups is 1. The summed E-state index contributed by atoms with van der Waals surface area (Å²) in [6, 6.07) is 6.76. The maximum Gasteiger partial charge on any atom is 0.191 e. The van der Waals surface area contributed by atoms with Gasteiger partial charge in [0.15, 0.2) is 17.5 Å². The Balaban J connectivity index is 1.80. The standard InChI is InChI=1S/C21H36N4O3/c1-5-22-21(24-12-13-25(14-15-26-2)18-7-8-18)23-11-10-17-6-9-19(27-3)20(16-17)28-4/h6,9,16,18H,5,7-8,10-15H2,1-4H3,(H2,22,23,24). The van der Waals surface area contributed by atoms with Crippen LogP contribution in [0.4, 0.5) is 0 Å². The molecule has 7 nitrogen and oxygen atoms in total. The molecule has 0 heterocycles. The summed E-state index contributed by atoms with van der Waals surface area (Å²) in [6.45, 7) is 7.26. The van der Waals surface area contributed by atoms with Crippen LogP contribution in [0.3, 0.4) is 0 Å². The zero-order chi connectivity index (χ0) is 20.2. The van der Waals surface area contributed by atoms with Gasteiger partial charge in [-0.3, -0.25) is 9.89 Å². The fourth-order valence-corrected chi connectivity index (χ4v) is 3.12. The van der Waals surface area contributed by atoms with E-state index in [2.05, 4.69) is 28.5 Å². The number of ether oxygens (including phenoxy) is 3. The lowest BCUT2D eigenvalue weighted by molar-refractivity contribution is 0.145. The molecule has 28 heavy (non-hydrogen) atoms. The number of hydrogen-bond acceptors (Lipinski definition) is 5. The zero-order valence-electron chi connectivity index (χ0n) is 17.8. The van der Waals surface area contributed by atoms with Crippen LogP contribution >= 0.6 is 0 Å². The van der Waals surface area contributed by atoms with Crippen LogP contribution in [0.15, 0.2) is 23.2 Å². The van der Waals surface area contributed by atoms with Gasteiger partial charge in [0, 0.05) is 39.3 Å². The first-order chi connectivity index (χ1) is 13.7. The Morgan fingerprint density at radius 1 is 1.11 bits per heavy atom. The maximum absolute atomic E-state index is 5.38. The first-order valence-electron chi connectivity index (χ1n) is 10.2. The van der Waals surface area contributed by atoms with Crippen molar-refractivity contribution >= 4 is 5.96 Å². The molecule has 158 valence electrons. The quantitative estimate of drug-likeness (QED) is 0.395. The van der Waals surface area contributed by atoms with E-state index in [9.17, 15) is 0 Å². The number of rotatable bonds is 13. The van der Waals surface area contributed by atoms with Gasteiger partial charge >= 0.3 is 0 Å². The maximum atomic E-state index is 5.38. The molecule has 0 aliphatic heterocycles. The molecule has 1 aliphatic rings. The molecule has 1 saturated carbocycles. The van der Waals surface area contributed by atoms with Gasteiger partial charge in [-0.1, -0.05) is 6.07 Å². The van der Waals surface area contributed by atoms with Gasteiger partial charge in [-0.15, -0.1) is 0 Å². The molecule has 0 aromatic heterocycles. The summed E-state index contributed by atoms with van der Waals surface area (Å²) in [4.78, 5) is 7.22. The van der Waals surface area contributed by atoms with Crippen LogP contribution in [-0.2, 0) is 11.2 Å². The molecule has 0 bridgehead atoms. The largest absolute Gasteiger partial charge is 0.493 e. The van der Waals surface area contributed by atoms with E-state index < -0.39 is 0 Å². The molecule has 0 radical (unpaired) electrons. The Morgan fingerprint density at radius 2 is 1.89 bits per heavy atom. The van der Waals surface area contributed by atoms with Crippen molar-refractivity contribution in [2.24, 2.45) is 4.99 Å². The average Bonchev–Trinajstić information content (AvgIpc) is 3.55. The number of guanidine groups is 1. The van der Waals surface area contributed by atoms with Crippen molar-refractivity contribution in [3.63, 3.8) is 0 Å². The van der Waals surface area contributed by atoms with Crippen molar-refractivity contribution in [3.8, 4) is 11.5 Å².